The maximum Gasteiger partial charge on any atom is 0.307 e. The SMILES string of the molecule is CC(C)N(CCNC(=O)C1CC1C(=O)O)C(C)C. The summed E-state index contributed by atoms with van der Waals surface area (Å²) < 4.78 is 0. The van der Waals surface area contributed by atoms with Crippen LogP contribution in [0, 0.1) is 11.8 Å². The minimum Gasteiger partial charge on any atom is -0.481 e. The molecule has 0 spiro atoms. The van der Waals surface area contributed by atoms with Crippen LogP contribution in [-0.2, 0) is 9.59 Å². The molecule has 0 aliphatic heterocycles. The van der Waals surface area contributed by atoms with E-state index < -0.39 is 11.9 Å². The summed E-state index contributed by atoms with van der Waals surface area (Å²) in [4.78, 5) is 24.6. The summed E-state index contributed by atoms with van der Waals surface area (Å²) in [6.45, 7) is 9.89. The number of rotatable bonds is 7. The Hall–Kier alpha value is -1.10. The van der Waals surface area contributed by atoms with E-state index in [0.717, 1.165) is 6.54 Å². The van der Waals surface area contributed by atoms with Crippen molar-refractivity contribution in [1.29, 1.82) is 0 Å². The van der Waals surface area contributed by atoms with E-state index in [4.69, 9.17) is 5.11 Å². The Bertz CT molecular complexity index is 307. The Morgan fingerprint density at radius 1 is 1.22 bits per heavy atom. The lowest BCUT2D eigenvalue weighted by Gasteiger charge is -2.30. The Morgan fingerprint density at radius 3 is 2.17 bits per heavy atom. The van der Waals surface area contributed by atoms with Crippen LogP contribution in [0.4, 0.5) is 0 Å². The van der Waals surface area contributed by atoms with Crippen molar-refractivity contribution in [3.63, 3.8) is 0 Å². The average Bonchev–Trinajstić information content (AvgIpc) is 3.02. The molecule has 0 bridgehead atoms. The van der Waals surface area contributed by atoms with Crippen molar-refractivity contribution >= 4 is 11.9 Å². The van der Waals surface area contributed by atoms with E-state index in [0.29, 0.717) is 25.0 Å². The van der Waals surface area contributed by atoms with Gasteiger partial charge in [-0.05, 0) is 34.1 Å². The van der Waals surface area contributed by atoms with Crippen molar-refractivity contribution in [2.24, 2.45) is 11.8 Å². The molecule has 104 valence electrons. The van der Waals surface area contributed by atoms with Gasteiger partial charge in [0.2, 0.25) is 5.91 Å². The molecule has 0 aromatic rings. The fraction of sp³-hybridized carbons (Fsp3) is 0.846. The number of aliphatic carboxylic acids is 1. The summed E-state index contributed by atoms with van der Waals surface area (Å²) in [5.74, 6) is -1.75. The minimum absolute atomic E-state index is 0.116. The fourth-order valence-electron chi connectivity index (χ4n) is 2.31. The summed E-state index contributed by atoms with van der Waals surface area (Å²) in [5, 5.41) is 11.6. The van der Waals surface area contributed by atoms with Crippen LogP contribution in [0.5, 0.6) is 0 Å². The molecule has 1 amide bonds. The van der Waals surface area contributed by atoms with Gasteiger partial charge in [0.15, 0.2) is 0 Å². The molecule has 1 aliphatic carbocycles. The molecule has 0 heterocycles. The minimum atomic E-state index is -0.860. The van der Waals surface area contributed by atoms with Gasteiger partial charge >= 0.3 is 5.97 Å². The number of nitrogens with one attached hydrogen (secondary N) is 1. The highest BCUT2D eigenvalue weighted by atomic mass is 16.4. The average molecular weight is 256 g/mol. The van der Waals surface area contributed by atoms with E-state index in [1.807, 2.05) is 0 Å². The molecular formula is C13H24N2O3. The van der Waals surface area contributed by atoms with E-state index in [9.17, 15) is 9.59 Å². The number of carbonyl (C=O) groups excluding carboxylic acids is 1. The number of amides is 1. The lowest BCUT2D eigenvalue weighted by atomic mass is 10.2. The normalized spacial score (nSPS) is 22.6. The third-order valence-corrected chi connectivity index (χ3v) is 3.44. The van der Waals surface area contributed by atoms with E-state index in [2.05, 4.69) is 37.9 Å². The standard InChI is InChI=1S/C13H24N2O3/c1-8(2)15(9(3)4)6-5-14-12(16)10-7-11(10)13(17)18/h8-11H,5-7H2,1-4H3,(H,14,16)(H,17,18). The Kier molecular flexibility index (Phi) is 5.14. The van der Waals surface area contributed by atoms with Crippen LogP contribution in [0.15, 0.2) is 0 Å². The summed E-state index contributed by atoms with van der Waals surface area (Å²) >= 11 is 0. The van der Waals surface area contributed by atoms with Crippen molar-refractivity contribution < 1.29 is 14.7 Å². The second kappa shape index (κ2) is 6.18. The first-order valence-electron chi connectivity index (χ1n) is 6.60. The molecule has 5 nitrogen and oxygen atoms in total. The monoisotopic (exact) mass is 256 g/mol. The molecule has 5 heteroatoms. The first-order chi connectivity index (χ1) is 8.34. The second-order valence-corrected chi connectivity index (χ2v) is 5.50. The summed E-state index contributed by atoms with van der Waals surface area (Å²) in [7, 11) is 0. The van der Waals surface area contributed by atoms with E-state index >= 15 is 0 Å². The van der Waals surface area contributed by atoms with Crippen molar-refractivity contribution in [2.45, 2.75) is 46.2 Å². The number of carbonyl (C=O) groups is 2. The van der Waals surface area contributed by atoms with Gasteiger partial charge in [-0.1, -0.05) is 0 Å². The zero-order valence-electron chi connectivity index (χ0n) is 11.6. The van der Waals surface area contributed by atoms with Gasteiger partial charge in [-0.2, -0.15) is 0 Å². The van der Waals surface area contributed by atoms with Gasteiger partial charge < -0.3 is 10.4 Å². The zero-order chi connectivity index (χ0) is 13.9. The molecule has 1 aliphatic rings. The molecule has 0 saturated heterocycles. The van der Waals surface area contributed by atoms with Gasteiger partial charge in [-0.3, -0.25) is 14.5 Å². The molecule has 1 rings (SSSR count). The molecule has 0 aromatic heterocycles. The number of carboxylic acids is 1. The predicted octanol–water partition coefficient (Wildman–Crippen LogP) is 0.942. The van der Waals surface area contributed by atoms with Crippen molar-refractivity contribution in [2.75, 3.05) is 13.1 Å². The first kappa shape index (κ1) is 15.0. The van der Waals surface area contributed by atoms with E-state index in [1.54, 1.807) is 0 Å². The molecule has 18 heavy (non-hydrogen) atoms. The van der Waals surface area contributed by atoms with Crippen LogP contribution >= 0.6 is 0 Å². The number of hydrogen-bond acceptors (Lipinski definition) is 3. The lowest BCUT2D eigenvalue weighted by Crippen LogP contribution is -2.42. The van der Waals surface area contributed by atoms with Crippen LogP contribution in [0.3, 0.4) is 0 Å². The van der Waals surface area contributed by atoms with Crippen LogP contribution in [-0.4, -0.2) is 47.1 Å². The van der Waals surface area contributed by atoms with Gasteiger partial charge in [0, 0.05) is 25.2 Å². The summed E-state index contributed by atoms with van der Waals surface area (Å²) in [5.41, 5.74) is 0. The maximum atomic E-state index is 11.6. The van der Waals surface area contributed by atoms with Gasteiger partial charge in [0.25, 0.3) is 0 Å². The third-order valence-electron chi connectivity index (χ3n) is 3.44. The number of hydrogen-bond donors (Lipinski definition) is 2. The third kappa shape index (κ3) is 3.98. The Morgan fingerprint density at radius 2 is 1.78 bits per heavy atom. The second-order valence-electron chi connectivity index (χ2n) is 5.50. The molecule has 2 unspecified atom stereocenters. The highest BCUT2D eigenvalue weighted by Gasteiger charge is 2.48. The van der Waals surface area contributed by atoms with Crippen LogP contribution in [0.2, 0.25) is 0 Å². The highest BCUT2D eigenvalue weighted by molar-refractivity contribution is 5.89. The van der Waals surface area contributed by atoms with Crippen molar-refractivity contribution in [3.05, 3.63) is 0 Å². The maximum absolute atomic E-state index is 11.6. The first-order valence-corrected chi connectivity index (χ1v) is 6.60. The molecule has 2 N–H and O–H groups in total. The number of nitrogens with zero attached hydrogens (tertiary/aromatic N) is 1. The van der Waals surface area contributed by atoms with Crippen LogP contribution < -0.4 is 5.32 Å². The molecule has 0 radical (unpaired) electrons. The summed E-state index contributed by atoms with van der Waals surface area (Å²) in [6, 6.07) is 0.879. The lowest BCUT2D eigenvalue weighted by molar-refractivity contribution is -0.140. The molecule has 1 fully saturated rings. The fourth-order valence-corrected chi connectivity index (χ4v) is 2.31. The smallest absolute Gasteiger partial charge is 0.307 e. The largest absolute Gasteiger partial charge is 0.481 e. The molecule has 0 aromatic carbocycles. The highest BCUT2D eigenvalue weighted by Crippen LogP contribution is 2.38. The van der Waals surface area contributed by atoms with Gasteiger partial charge in [-0.25, -0.2) is 0 Å². The van der Waals surface area contributed by atoms with E-state index in [-0.39, 0.29) is 11.8 Å². The Labute approximate surface area is 109 Å². The Balaban J connectivity index is 2.25. The molecule has 1 saturated carbocycles. The van der Waals surface area contributed by atoms with Crippen LogP contribution in [0.1, 0.15) is 34.1 Å². The molecular weight excluding hydrogens is 232 g/mol. The van der Waals surface area contributed by atoms with Gasteiger partial charge in [0.1, 0.15) is 0 Å². The number of carboxylic acid groups (broad SMARTS) is 1. The zero-order valence-corrected chi connectivity index (χ0v) is 11.6. The summed E-state index contributed by atoms with van der Waals surface area (Å²) in [6.07, 6.45) is 0.485. The molecule has 2 atom stereocenters. The van der Waals surface area contributed by atoms with Gasteiger partial charge in [0.05, 0.1) is 11.8 Å². The van der Waals surface area contributed by atoms with Crippen molar-refractivity contribution in [3.8, 4) is 0 Å². The van der Waals surface area contributed by atoms with Gasteiger partial charge in [-0.15, -0.1) is 0 Å². The van der Waals surface area contributed by atoms with Crippen LogP contribution in [0.25, 0.3) is 0 Å². The van der Waals surface area contributed by atoms with E-state index in [1.165, 1.54) is 0 Å². The topological polar surface area (TPSA) is 69.6 Å². The quantitative estimate of drug-likeness (QED) is 0.711. The predicted molar refractivity (Wildman–Crippen MR) is 69.2 cm³/mol. The van der Waals surface area contributed by atoms with Crippen molar-refractivity contribution in [1.82, 2.24) is 10.2 Å².